The van der Waals surface area contributed by atoms with Crippen LogP contribution in [-0.2, 0) is 4.79 Å². The maximum Gasteiger partial charge on any atom is 0.219 e. The molecule has 0 aromatic rings. The van der Waals surface area contributed by atoms with Crippen molar-refractivity contribution in [1.29, 1.82) is 0 Å². The second-order valence-electron chi connectivity index (χ2n) is 8.40. The first-order valence-corrected chi connectivity index (χ1v) is 9.69. The Morgan fingerprint density at radius 3 is 2.48 bits per heavy atom. The first-order chi connectivity index (χ1) is 10.9. The first-order valence-electron chi connectivity index (χ1n) is 9.69. The number of β-amino-alcohol motifs (C(OH)–C–C–N with tert-alkyl or cyclic N) is 1. The van der Waals surface area contributed by atoms with Crippen LogP contribution in [0.25, 0.3) is 0 Å². The number of rotatable bonds is 2. The van der Waals surface area contributed by atoms with E-state index in [4.69, 9.17) is 0 Å². The molecule has 0 aromatic carbocycles. The molecule has 4 heteroatoms. The largest absolute Gasteiger partial charge is 0.389 e. The smallest absolute Gasteiger partial charge is 0.219 e. The molecule has 2 atom stereocenters. The van der Waals surface area contributed by atoms with Crippen LogP contribution in [0.4, 0.5) is 0 Å². The molecule has 1 aliphatic carbocycles. The fourth-order valence-electron chi connectivity index (χ4n) is 5.48. The number of likely N-dealkylation sites (tertiary alicyclic amines) is 2. The Bertz CT molecular complexity index is 433. The van der Waals surface area contributed by atoms with Gasteiger partial charge in [-0.05, 0) is 52.0 Å². The molecule has 1 amide bonds. The molecule has 3 aliphatic rings. The van der Waals surface area contributed by atoms with E-state index in [1.54, 1.807) is 6.92 Å². The SMILES string of the molecule is CC(=O)N1CCCC[C@H]2N(CC3(O)CCCCC3)CCC[C@@]21C. The van der Waals surface area contributed by atoms with Gasteiger partial charge in [0, 0.05) is 26.1 Å². The van der Waals surface area contributed by atoms with Crippen molar-refractivity contribution in [1.82, 2.24) is 9.80 Å². The van der Waals surface area contributed by atoms with Gasteiger partial charge in [0.15, 0.2) is 0 Å². The fraction of sp³-hybridized carbons (Fsp3) is 0.947. The minimum absolute atomic E-state index is 0.0500. The molecule has 4 nitrogen and oxygen atoms in total. The van der Waals surface area contributed by atoms with Crippen LogP contribution in [0, 0.1) is 0 Å². The lowest BCUT2D eigenvalue weighted by Gasteiger charge is -2.54. The van der Waals surface area contributed by atoms with Crippen LogP contribution in [-0.4, -0.2) is 57.6 Å². The summed E-state index contributed by atoms with van der Waals surface area (Å²) in [4.78, 5) is 16.9. The molecule has 0 spiro atoms. The zero-order valence-corrected chi connectivity index (χ0v) is 15.0. The molecular formula is C19H34N2O2. The van der Waals surface area contributed by atoms with Crippen LogP contribution >= 0.6 is 0 Å². The van der Waals surface area contributed by atoms with Crippen molar-refractivity contribution in [2.45, 2.75) is 95.2 Å². The van der Waals surface area contributed by atoms with Crippen molar-refractivity contribution in [2.24, 2.45) is 0 Å². The molecule has 132 valence electrons. The van der Waals surface area contributed by atoms with E-state index >= 15 is 0 Å². The Morgan fingerprint density at radius 1 is 1.04 bits per heavy atom. The van der Waals surface area contributed by atoms with E-state index < -0.39 is 5.60 Å². The van der Waals surface area contributed by atoms with Crippen LogP contribution in [0.1, 0.15) is 78.1 Å². The van der Waals surface area contributed by atoms with Gasteiger partial charge in [-0.2, -0.15) is 0 Å². The highest BCUT2D eigenvalue weighted by atomic mass is 16.3. The summed E-state index contributed by atoms with van der Waals surface area (Å²) in [7, 11) is 0. The number of piperidine rings is 1. The Labute approximate surface area is 141 Å². The Balaban J connectivity index is 1.80. The summed E-state index contributed by atoms with van der Waals surface area (Å²) >= 11 is 0. The predicted molar refractivity (Wildman–Crippen MR) is 92.3 cm³/mol. The van der Waals surface area contributed by atoms with E-state index in [0.717, 1.165) is 71.0 Å². The molecule has 23 heavy (non-hydrogen) atoms. The summed E-state index contributed by atoms with van der Waals surface area (Å²) in [5.41, 5.74) is -0.546. The van der Waals surface area contributed by atoms with Crippen molar-refractivity contribution < 1.29 is 9.90 Å². The van der Waals surface area contributed by atoms with Crippen LogP contribution in [0.15, 0.2) is 0 Å². The molecule has 0 unspecified atom stereocenters. The van der Waals surface area contributed by atoms with Gasteiger partial charge in [0.1, 0.15) is 0 Å². The van der Waals surface area contributed by atoms with E-state index in [2.05, 4.69) is 16.7 Å². The van der Waals surface area contributed by atoms with Gasteiger partial charge in [0.25, 0.3) is 0 Å². The maximum atomic E-state index is 12.2. The molecule has 0 radical (unpaired) electrons. The minimum atomic E-state index is -0.496. The molecule has 1 N–H and O–H groups in total. The summed E-state index contributed by atoms with van der Waals surface area (Å²) in [6.07, 6.45) is 11.2. The van der Waals surface area contributed by atoms with E-state index in [9.17, 15) is 9.90 Å². The molecular weight excluding hydrogens is 288 g/mol. The van der Waals surface area contributed by atoms with E-state index in [1.165, 1.54) is 12.8 Å². The van der Waals surface area contributed by atoms with Crippen molar-refractivity contribution in [2.75, 3.05) is 19.6 Å². The molecule has 3 rings (SSSR count). The van der Waals surface area contributed by atoms with Crippen molar-refractivity contribution in [3.05, 3.63) is 0 Å². The normalized spacial score (nSPS) is 35.4. The summed E-state index contributed by atoms with van der Waals surface area (Å²) in [5.74, 6) is 0.220. The van der Waals surface area contributed by atoms with Crippen LogP contribution in [0.2, 0.25) is 0 Å². The molecule has 0 aromatic heterocycles. The average molecular weight is 322 g/mol. The zero-order valence-electron chi connectivity index (χ0n) is 15.0. The van der Waals surface area contributed by atoms with Crippen LogP contribution in [0.5, 0.6) is 0 Å². The van der Waals surface area contributed by atoms with E-state index in [-0.39, 0.29) is 11.4 Å². The van der Waals surface area contributed by atoms with E-state index in [0.29, 0.717) is 6.04 Å². The monoisotopic (exact) mass is 322 g/mol. The zero-order chi connectivity index (χ0) is 16.5. The quantitative estimate of drug-likeness (QED) is 0.850. The Hall–Kier alpha value is -0.610. The summed E-state index contributed by atoms with van der Waals surface area (Å²) in [6, 6.07) is 0.411. The standard InChI is InChI=1S/C19H34N2O2/c1-16(22)21-14-7-4-9-17-18(21,2)10-8-13-20(17)15-19(23)11-5-3-6-12-19/h17,23H,3-15H2,1-2H3/t17-,18+/m1/s1. The maximum absolute atomic E-state index is 12.2. The number of nitrogens with zero attached hydrogens (tertiary/aromatic N) is 2. The van der Waals surface area contributed by atoms with Crippen LogP contribution in [0.3, 0.4) is 0 Å². The molecule has 2 aliphatic heterocycles. The van der Waals surface area contributed by atoms with E-state index in [1.807, 2.05) is 0 Å². The average Bonchev–Trinajstić information content (AvgIpc) is 2.67. The highest BCUT2D eigenvalue weighted by Gasteiger charge is 2.48. The third-order valence-corrected chi connectivity index (χ3v) is 6.67. The summed E-state index contributed by atoms with van der Waals surface area (Å²) < 4.78 is 0. The molecule has 2 heterocycles. The molecule has 0 bridgehead atoms. The summed E-state index contributed by atoms with van der Waals surface area (Å²) in [5, 5.41) is 11.0. The number of aliphatic hydroxyl groups is 1. The Kier molecular flexibility index (Phi) is 5.03. The number of carbonyl (C=O) groups is 1. The Morgan fingerprint density at radius 2 is 1.78 bits per heavy atom. The molecule has 3 fully saturated rings. The van der Waals surface area contributed by atoms with Crippen molar-refractivity contribution in [3.63, 3.8) is 0 Å². The summed E-state index contributed by atoms with van der Waals surface area (Å²) in [6.45, 7) is 6.80. The third-order valence-electron chi connectivity index (χ3n) is 6.67. The van der Waals surface area contributed by atoms with Crippen molar-refractivity contribution >= 4 is 5.91 Å². The lowest BCUT2D eigenvalue weighted by molar-refractivity contribution is -0.141. The number of fused-ring (bicyclic) bond motifs is 1. The number of hydrogen-bond acceptors (Lipinski definition) is 3. The highest BCUT2D eigenvalue weighted by Crippen LogP contribution is 2.40. The highest BCUT2D eigenvalue weighted by molar-refractivity contribution is 5.74. The minimum Gasteiger partial charge on any atom is -0.389 e. The predicted octanol–water partition coefficient (Wildman–Crippen LogP) is 2.94. The van der Waals surface area contributed by atoms with Gasteiger partial charge in [-0.3, -0.25) is 9.69 Å². The fourth-order valence-corrected chi connectivity index (χ4v) is 5.48. The van der Waals surface area contributed by atoms with Gasteiger partial charge >= 0.3 is 0 Å². The van der Waals surface area contributed by atoms with Gasteiger partial charge in [0.2, 0.25) is 5.91 Å². The van der Waals surface area contributed by atoms with Gasteiger partial charge in [-0.15, -0.1) is 0 Å². The topological polar surface area (TPSA) is 43.8 Å². The molecule has 1 saturated carbocycles. The lowest BCUT2D eigenvalue weighted by atomic mass is 9.77. The van der Waals surface area contributed by atoms with Crippen molar-refractivity contribution in [3.8, 4) is 0 Å². The number of carbonyl (C=O) groups excluding carboxylic acids is 1. The lowest BCUT2D eigenvalue weighted by Crippen LogP contribution is -2.65. The first kappa shape index (κ1) is 17.2. The third kappa shape index (κ3) is 3.43. The van der Waals surface area contributed by atoms with Crippen LogP contribution < -0.4 is 0 Å². The number of amides is 1. The van der Waals surface area contributed by atoms with Gasteiger partial charge in [-0.25, -0.2) is 0 Å². The van der Waals surface area contributed by atoms with Gasteiger partial charge < -0.3 is 10.0 Å². The number of hydrogen-bond donors (Lipinski definition) is 1. The van der Waals surface area contributed by atoms with Gasteiger partial charge in [-0.1, -0.05) is 25.7 Å². The second kappa shape index (κ2) is 6.72. The molecule has 2 saturated heterocycles. The van der Waals surface area contributed by atoms with Gasteiger partial charge in [0.05, 0.1) is 11.1 Å². The second-order valence-corrected chi connectivity index (χ2v) is 8.40.